The summed E-state index contributed by atoms with van der Waals surface area (Å²) in [5, 5.41) is 9.28. The summed E-state index contributed by atoms with van der Waals surface area (Å²) in [6.45, 7) is 0. The van der Waals surface area contributed by atoms with E-state index in [0.717, 1.165) is 88.3 Å². The van der Waals surface area contributed by atoms with E-state index < -0.39 is 0 Å². The molecule has 52 heavy (non-hydrogen) atoms. The minimum absolute atomic E-state index is 0.906. The monoisotopic (exact) mass is 664 g/mol. The Morgan fingerprint density at radius 3 is 1.67 bits per heavy atom. The lowest BCUT2D eigenvalue weighted by atomic mass is 10.0. The van der Waals surface area contributed by atoms with E-state index in [9.17, 15) is 0 Å². The smallest absolute Gasteiger partial charge is 0.145 e. The molecule has 0 amide bonds. The van der Waals surface area contributed by atoms with E-state index in [0.29, 0.717) is 0 Å². The molecule has 0 aliphatic heterocycles. The maximum absolute atomic E-state index is 6.66. The SMILES string of the molecule is c1ccc(-n2c3ccc4c5ccccc5oc4c3c3ccc4c(c5ccccc5n4-c4ccc(-c5cccc6c5oc5ccccc56)cc4)c32)cc1. The third-order valence-corrected chi connectivity index (χ3v) is 10.9. The molecule has 12 rings (SSSR count). The Morgan fingerprint density at radius 2 is 0.904 bits per heavy atom. The Morgan fingerprint density at radius 1 is 0.327 bits per heavy atom. The second-order valence-electron chi connectivity index (χ2n) is 13.6. The lowest BCUT2D eigenvalue weighted by Gasteiger charge is -2.11. The van der Waals surface area contributed by atoms with Crippen molar-refractivity contribution in [3.8, 4) is 22.5 Å². The van der Waals surface area contributed by atoms with Gasteiger partial charge in [0.25, 0.3) is 0 Å². The molecule has 0 atom stereocenters. The number of hydrogen-bond acceptors (Lipinski definition) is 2. The lowest BCUT2D eigenvalue weighted by Crippen LogP contribution is -1.95. The van der Waals surface area contributed by atoms with Gasteiger partial charge in [-0.05, 0) is 72.3 Å². The van der Waals surface area contributed by atoms with Gasteiger partial charge in [-0.25, -0.2) is 0 Å². The van der Waals surface area contributed by atoms with Crippen LogP contribution in [0.3, 0.4) is 0 Å². The highest BCUT2D eigenvalue weighted by molar-refractivity contribution is 6.31. The standard InChI is InChI=1S/C48H28N2O2/c1-2-11-30(12-3-1)50-41-27-25-36-34-14-6-9-20-43(34)52-48(36)45(41)38-26-28-40-44(46(38)50)37-15-4-7-18-39(37)49(40)31-23-21-29(22-24-31)32-16-10-17-35-33-13-5-8-19-42(33)51-47(32)35/h1-28H. The van der Waals surface area contributed by atoms with E-state index in [4.69, 9.17) is 8.83 Å². The van der Waals surface area contributed by atoms with Crippen LogP contribution in [0.2, 0.25) is 0 Å². The van der Waals surface area contributed by atoms with Crippen LogP contribution in [-0.2, 0) is 0 Å². The zero-order valence-electron chi connectivity index (χ0n) is 27.9. The van der Waals surface area contributed by atoms with Crippen LogP contribution in [0, 0.1) is 0 Å². The van der Waals surface area contributed by atoms with Gasteiger partial charge in [-0.1, -0.05) is 103 Å². The van der Waals surface area contributed by atoms with Gasteiger partial charge in [-0.2, -0.15) is 0 Å². The van der Waals surface area contributed by atoms with Gasteiger partial charge in [0, 0.05) is 54.6 Å². The molecule has 0 saturated heterocycles. The maximum Gasteiger partial charge on any atom is 0.145 e. The van der Waals surface area contributed by atoms with Crippen molar-refractivity contribution in [2.75, 3.05) is 0 Å². The zero-order valence-corrected chi connectivity index (χ0v) is 27.9. The van der Waals surface area contributed by atoms with Gasteiger partial charge in [0.2, 0.25) is 0 Å². The Balaban J connectivity index is 1.14. The molecule has 4 aromatic heterocycles. The van der Waals surface area contributed by atoms with Crippen LogP contribution in [-0.4, -0.2) is 9.13 Å². The number of fused-ring (bicyclic) bond motifs is 14. The Hall–Kier alpha value is -7.04. The highest BCUT2D eigenvalue weighted by Crippen LogP contribution is 2.45. The second kappa shape index (κ2) is 10.3. The normalized spacial score (nSPS) is 12.2. The first-order chi connectivity index (χ1) is 25.8. The summed E-state index contributed by atoms with van der Waals surface area (Å²) >= 11 is 0. The average molecular weight is 665 g/mol. The van der Waals surface area contributed by atoms with Crippen LogP contribution in [0.25, 0.3) is 110 Å². The molecule has 0 fully saturated rings. The second-order valence-corrected chi connectivity index (χ2v) is 13.6. The molecule has 8 aromatic carbocycles. The predicted molar refractivity (Wildman–Crippen MR) is 215 cm³/mol. The first-order valence-corrected chi connectivity index (χ1v) is 17.7. The fourth-order valence-corrected chi connectivity index (χ4v) is 8.71. The van der Waals surface area contributed by atoms with E-state index in [-0.39, 0.29) is 0 Å². The van der Waals surface area contributed by atoms with Crippen molar-refractivity contribution in [2.24, 2.45) is 0 Å². The number of furan rings is 2. The van der Waals surface area contributed by atoms with Crippen molar-refractivity contribution in [1.29, 1.82) is 0 Å². The molecule has 4 nitrogen and oxygen atoms in total. The zero-order chi connectivity index (χ0) is 33.9. The number of hydrogen-bond donors (Lipinski definition) is 0. The minimum Gasteiger partial charge on any atom is -0.455 e. The molecule has 0 saturated carbocycles. The summed E-state index contributed by atoms with van der Waals surface area (Å²) in [6, 6.07) is 60.4. The third-order valence-electron chi connectivity index (χ3n) is 10.9. The molecule has 0 aliphatic carbocycles. The van der Waals surface area contributed by atoms with Gasteiger partial charge in [-0.3, -0.25) is 0 Å². The van der Waals surface area contributed by atoms with Crippen LogP contribution in [0.4, 0.5) is 0 Å². The lowest BCUT2D eigenvalue weighted by molar-refractivity contribution is 0.670. The van der Waals surface area contributed by atoms with Gasteiger partial charge < -0.3 is 18.0 Å². The topological polar surface area (TPSA) is 36.1 Å². The van der Waals surface area contributed by atoms with Crippen molar-refractivity contribution < 1.29 is 8.83 Å². The van der Waals surface area contributed by atoms with Gasteiger partial charge in [0.1, 0.15) is 22.3 Å². The summed E-state index contributed by atoms with van der Waals surface area (Å²) in [7, 11) is 0. The van der Waals surface area contributed by atoms with Crippen molar-refractivity contribution in [3.05, 3.63) is 170 Å². The fraction of sp³-hybridized carbons (Fsp3) is 0. The van der Waals surface area contributed by atoms with E-state index in [2.05, 4.69) is 161 Å². The third kappa shape index (κ3) is 3.65. The summed E-state index contributed by atoms with van der Waals surface area (Å²) in [6.07, 6.45) is 0. The molecule has 0 spiro atoms. The van der Waals surface area contributed by atoms with Gasteiger partial charge in [-0.15, -0.1) is 0 Å². The molecule has 12 aromatic rings. The van der Waals surface area contributed by atoms with Crippen LogP contribution < -0.4 is 0 Å². The van der Waals surface area contributed by atoms with Crippen molar-refractivity contribution in [1.82, 2.24) is 9.13 Å². The highest BCUT2D eigenvalue weighted by Gasteiger charge is 2.23. The average Bonchev–Trinajstić information content (AvgIpc) is 3.95. The Bertz CT molecular complexity index is 3390. The summed E-state index contributed by atoms with van der Waals surface area (Å²) in [4.78, 5) is 0. The molecule has 4 heterocycles. The fourth-order valence-electron chi connectivity index (χ4n) is 8.71. The van der Waals surface area contributed by atoms with Gasteiger partial charge in [0.15, 0.2) is 0 Å². The summed E-state index contributed by atoms with van der Waals surface area (Å²) < 4.78 is 17.9. The van der Waals surface area contributed by atoms with E-state index in [1.807, 2.05) is 18.2 Å². The number of benzene rings is 8. The van der Waals surface area contributed by atoms with E-state index >= 15 is 0 Å². The maximum atomic E-state index is 6.66. The van der Waals surface area contributed by atoms with E-state index in [1.165, 1.54) is 21.7 Å². The Labute approximate surface area is 296 Å². The largest absolute Gasteiger partial charge is 0.455 e. The Kier molecular flexibility index (Phi) is 5.47. The molecular weight excluding hydrogens is 637 g/mol. The quantitative estimate of drug-likeness (QED) is 0.188. The molecule has 0 N–H and O–H groups in total. The van der Waals surface area contributed by atoms with Gasteiger partial charge >= 0.3 is 0 Å². The first-order valence-electron chi connectivity index (χ1n) is 17.7. The number of para-hydroxylation sites is 5. The van der Waals surface area contributed by atoms with E-state index in [1.54, 1.807) is 0 Å². The predicted octanol–water partition coefficient (Wildman–Crippen LogP) is 13.3. The summed E-state index contributed by atoms with van der Waals surface area (Å²) in [5.74, 6) is 0. The van der Waals surface area contributed by atoms with Crippen molar-refractivity contribution >= 4 is 87.5 Å². The molecule has 0 aliphatic rings. The molecular formula is C48H28N2O2. The number of aromatic nitrogens is 2. The molecule has 4 heteroatoms. The highest BCUT2D eigenvalue weighted by atomic mass is 16.3. The van der Waals surface area contributed by atoms with Crippen molar-refractivity contribution in [2.45, 2.75) is 0 Å². The van der Waals surface area contributed by atoms with Crippen LogP contribution in [0.15, 0.2) is 179 Å². The van der Waals surface area contributed by atoms with Crippen LogP contribution >= 0.6 is 0 Å². The van der Waals surface area contributed by atoms with Crippen LogP contribution in [0.1, 0.15) is 0 Å². The van der Waals surface area contributed by atoms with Crippen LogP contribution in [0.5, 0.6) is 0 Å². The first kappa shape index (κ1) is 27.7. The number of nitrogens with zero attached hydrogens (tertiary/aromatic N) is 2. The molecule has 0 radical (unpaired) electrons. The molecule has 242 valence electrons. The minimum atomic E-state index is 0.906. The number of rotatable bonds is 3. The summed E-state index contributed by atoms with van der Waals surface area (Å²) in [5.41, 5.74) is 12.7. The van der Waals surface area contributed by atoms with Crippen molar-refractivity contribution in [3.63, 3.8) is 0 Å². The molecule has 0 unspecified atom stereocenters. The van der Waals surface area contributed by atoms with Gasteiger partial charge in [0.05, 0.1) is 27.5 Å². The molecule has 0 bridgehead atoms.